The van der Waals surface area contributed by atoms with Crippen molar-refractivity contribution in [1.29, 1.82) is 0 Å². The number of hydrogen-bond acceptors (Lipinski definition) is 4. The van der Waals surface area contributed by atoms with Gasteiger partial charge in [-0.1, -0.05) is 29.8 Å². The van der Waals surface area contributed by atoms with Crippen molar-refractivity contribution in [3.05, 3.63) is 28.2 Å². The molecule has 24 heavy (non-hydrogen) atoms. The van der Waals surface area contributed by atoms with E-state index in [2.05, 4.69) is 15.9 Å². The third kappa shape index (κ3) is 3.64. The summed E-state index contributed by atoms with van der Waals surface area (Å²) in [6.07, 6.45) is 1.73. The molecule has 0 N–H and O–H groups in total. The topological polar surface area (TPSA) is 49.9 Å². The molecule has 1 heterocycles. The van der Waals surface area contributed by atoms with Crippen LogP contribution in [0, 0.1) is 5.41 Å². The van der Waals surface area contributed by atoms with Gasteiger partial charge in [0.05, 0.1) is 19.2 Å². The quantitative estimate of drug-likeness (QED) is 0.662. The van der Waals surface area contributed by atoms with Crippen molar-refractivity contribution in [3.8, 4) is 5.75 Å². The van der Waals surface area contributed by atoms with Crippen LogP contribution in [-0.4, -0.2) is 42.4 Å². The molecule has 5 nitrogen and oxygen atoms in total. The smallest absolute Gasteiger partial charge is 0.236 e. The van der Waals surface area contributed by atoms with E-state index in [1.54, 1.807) is 7.11 Å². The highest BCUT2D eigenvalue weighted by Crippen LogP contribution is 2.39. The second-order valence-corrected chi connectivity index (χ2v) is 7.32. The van der Waals surface area contributed by atoms with Crippen LogP contribution in [0.25, 0.3) is 0 Å². The van der Waals surface area contributed by atoms with E-state index in [9.17, 15) is 9.59 Å². The van der Waals surface area contributed by atoms with Crippen LogP contribution in [0.2, 0.25) is 0 Å². The number of hydrogen-bond donors (Lipinski definition) is 0. The van der Waals surface area contributed by atoms with Gasteiger partial charge in [0.2, 0.25) is 11.8 Å². The predicted molar refractivity (Wildman–Crippen MR) is 96.5 cm³/mol. The zero-order chi connectivity index (χ0) is 17.9. The van der Waals surface area contributed by atoms with Gasteiger partial charge in [-0.25, -0.2) is 0 Å². The molecule has 1 aromatic carbocycles. The lowest BCUT2D eigenvalue weighted by Gasteiger charge is -2.27. The third-order valence-corrected chi connectivity index (χ3v) is 5.40. The lowest BCUT2D eigenvalue weighted by molar-refractivity contribution is -0.144. The van der Waals surface area contributed by atoms with Gasteiger partial charge in [-0.05, 0) is 38.1 Å². The summed E-state index contributed by atoms with van der Waals surface area (Å²) in [7, 11) is 3.54. The maximum Gasteiger partial charge on any atom is 0.236 e. The first-order valence-electron chi connectivity index (χ1n) is 8.22. The zero-order valence-corrected chi connectivity index (χ0v) is 16.4. The number of halogens is 1. The number of imide groups is 1. The Hall–Kier alpha value is -1.40. The molecular formula is C18H25BrN2O3. The fourth-order valence-electron chi connectivity index (χ4n) is 3.26. The summed E-state index contributed by atoms with van der Waals surface area (Å²) in [6, 6.07) is 5.82. The molecule has 0 bridgehead atoms. The molecule has 0 atom stereocenters. The second kappa shape index (κ2) is 7.66. The molecule has 1 fully saturated rings. The summed E-state index contributed by atoms with van der Waals surface area (Å²) in [4.78, 5) is 28.4. The molecular weight excluding hydrogens is 372 g/mol. The van der Waals surface area contributed by atoms with Crippen molar-refractivity contribution < 1.29 is 14.3 Å². The molecule has 2 amide bonds. The Morgan fingerprint density at radius 3 is 2.50 bits per heavy atom. The van der Waals surface area contributed by atoms with E-state index < -0.39 is 5.41 Å². The Morgan fingerprint density at radius 1 is 1.29 bits per heavy atom. The van der Waals surface area contributed by atoms with Crippen LogP contribution >= 0.6 is 15.9 Å². The SMILES string of the molecule is CCC1(CC)CC(=O)N(CN(C)Cc2cc(Br)ccc2OC)C1=O. The predicted octanol–water partition coefficient (Wildman–Crippen LogP) is 3.41. The lowest BCUT2D eigenvalue weighted by Crippen LogP contribution is -2.41. The number of amides is 2. The molecule has 0 unspecified atom stereocenters. The lowest BCUT2D eigenvalue weighted by atomic mass is 9.81. The van der Waals surface area contributed by atoms with E-state index in [1.807, 2.05) is 44.0 Å². The summed E-state index contributed by atoms with van der Waals surface area (Å²) in [5.74, 6) is 0.683. The standard InChI is InChI=1S/C18H25BrN2O3/c1-5-18(6-2)10-16(22)21(17(18)23)12-20(3)11-13-9-14(19)7-8-15(13)24-4/h7-9H,5-6,10-12H2,1-4H3. The number of carbonyl (C=O) groups is 2. The van der Waals surface area contributed by atoms with E-state index in [-0.39, 0.29) is 11.8 Å². The fourth-order valence-corrected chi connectivity index (χ4v) is 3.67. The molecule has 1 aliphatic rings. The number of rotatable bonds is 7. The van der Waals surface area contributed by atoms with Gasteiger partial charge < -0.3 is 4.74 Å². The monoisotopic (exact) mass is 396 g/mol. The van der Waals surface area contributed by atoms with E-state index in [0.29, 0.717) is 32.5 Å². The Bertz CT molecular complexity index is 629. The summed E-state index contributed by atoms with van der Waals surface area (Å²) < 4.78 is 6.35. The Morgan fingerprint density at radius 2 is 1.96 bits per heavy atom. The van der Waals surface area contributed by atoms with Crippen molar-refractivity contribution in [2.45, 2.75) is 39.7 Å². The van der Waals surface area contributed by atoms with Gasteiger partial charge in [-0.3, -0.25) is 19.4 Å². The number of ether oxygens (including phenoxy) is 1. The maximum absolute atomic E-state index is 12.7. The van der Waals surface area contributed by atoms with Crippen LogP contribution in [-0.2, 0) is 16.1 Å². The normalized spacial score (nSPS) is 17.0. The summed E-state index contributed by atoms with van der Waals surface area (Å²) in [6.45, 7) is 4.85. The van der Waals surface area contributed by atoms with Crippen molar-refractivity contribution >= 4 is 27.7 Å². The van der Waals surface area contributed by atoms with Crippen molar-refractivity contribution in [2.75, 3.05) is 20.8 Å². The summed E-state index contributed by atoms with van der Waals surface area (Å²) >= 11 is 3.46. The van der Waals surface area contributed by atoms with E-state index in [0.717, 1.165) is 15.8 Å². The average molecular weight is 397 g/mol. The molecule has 0 spiro atoms. The first kappa shape index (κ1) is 18.9. The number of likely N-dealkylation sites (tertiary alicyclic amines) is 1. The van der Waals surface area contributed by atoms with Crippen LogP contribution in [0.3, 0.4) is 0 Å². The molecule has 0 aromatic heterocycles. The molecule has 1 aromatic rings. The van der Waals surface area contributed by atoms with E-state index in [4.69, 9.17) is 4.74 Å². The average Bonchev–Trinajstić information content (AvgIpc) is 2.79. The molecule has 0 radical (unpaired) electrons. The Balaban J connectivity index is 2.10. The number of carbonyl (C=O) groups excluding carboxylic acids is 2. The van der Waals surface area contributed by atoms with Gasteiger partial charge in [0.25, 0.3) is 0 Å². The minimum Gasteiger partial charge on any atom is -0.496 e. The first-order chi connectivity index (χ1) is 11.4. The summed E-state index contributed by atoms with van der Waals surface area (Å²) in [5, 5.41) is 0. The van der Waals surface area contributed by atoms with Gasteiger partial charge in [0.1, 0.15) is 5.75 Å². The number of nitrogens with zero attached hydrogens (tertiary/aromatic N) is 2. The van der Waals surface area contributed by atoms with Crippen LogP contribution in [0.1, 0.15) is 38.7 Å². The van der Waals surface area contributed by atoms with E-state index >= 15 is 0 Å². The number of methoxy groups -OCH3 is 1. The van der Waals surface area contributed by atoms with Gasteiger partial charge >= 0.3 is 0 Å². The molecule has 0 aliphatic carbocycles. The molecule has 1 aliphatic heterocycles. The highest BCUT2D eigenvalue weighted by molar-refractivity contribution is 9.10. The molecule has 2 rings (SSSR count). The maximum atomic E-state index is 12.7. The van der Waals surface area contributed by atoms with Crippen LogP contribution in [0.5, 0.6) is 5.75 Å². The van der Waals surface area contributed by atoms with E-state index in [1.165, 1.54) is 4.90 Å². The minimum atomic E-state index is -0.509. The molecule has 0 saturated carbocycles. The molecule has 6 heteroatoms. The molecule has 132 valence electrons. The summed E-state index contributed by atoms with van der Waals surface area (Å²) in [5.41, 5.74) is 0.497. The van der Waals surface area contributed by atoms with Crippen LogP contribution < -0.4 is 4.74 Å². The van der Waals surface area contributed by atoms with Gasteiger partial charge in [0, 0.05) is 23.0 Å². The van der Waals surface area contributed by atoms with Gasteiger partial charge in [-0.15, -0.1) is 0 Å². The van der Waals surface area contributed by atoms with Gasteiger partial charge in [0.15, 0.2) is 0 Å². The van der Waals surface area contributed by atoms with Crippen molar-refractivity contribution in [1.82, 2.24) is 9.80 Å². The Kier molecular flexibility index (Phi) is 6.04. The second-order valence-electron chi connectivity index (χ2n) is 6.40. The first-order valence-corrected chi connectivity index (χ1v) is 9.02. The highest BCUT2D eigenvalue weighted by atomic mass is 79.9. The van der Waals surface area contributed by atoms with Crippen LogP contribution in [0.15, 0.2) is 22.7 Å². The highest BCUT2D eigenvalue weighted by Gasteiger charge is 2.49. The van der Waals surface area contributed by atoms with Crippen LogP contribution in [0.4, 0.5) is 0 Å². The Labute approximate surface area is 152 Å². The zero-order valence-electron chi connectivity index (χ0n) is 14.8. The fraction of sp³-hybridized carbons (Fsp3) is 0.556. The largest absolute Gasteiger partial charge is 0.496 e. The number of benzene rings is 1. The van der Waals surface area contributed by atoms with Gasteiger partial charge in [-0.2, -0.15) is 0 Å². The minimum absolute atomic E-state index is 0.0365. The molecule has 1 saturated heterocycles. The van der Waals surface area contributed by atoms with Crippen molar-refractivity contribution in [3.63, 3.8) is 0 Å². The third-order valence-electron chi connectivity index (χ3n) is 4.91. The van der Waals surface area contributed by atoms with Crippen molar-refractivity contribution in [2.24, 2.45) is 5.41 Å².